The van der Waals surface area contributed by atoms with Gasteiger partial charge in [-0.3, -0.25) is 9.59 Å². The van der Waals surface area contributed by atoms with E-state index in [1.807, 2.05) is 23.6 Å². The number of rotatable bonds is 3. The van der Waals surface area contributed by atoms with Crippen molar-refractivity contribution in [1.82, 2.24) is 9.80 Å². The minimum Gasteiger partial charge on any atom is -0.372 e. The van der Waals surface area contributed by atoms with E-state index in [-0.39, 0.29) is 42.2 Å². The highest BCUT2D eigenvalue weighted by molar-refractivity contribution is 5.81. The molecule has 0 spiro atoms. The lowest BCUT2D eigenvalue weighted by Gasteiger charge is -2.39. The summed E-state index contributed by atoms with van der Waals surface area (Å²) in [5.74, 6) is -0.0802. The van der Waals surface area contributed by atoms with Crippen LogP contribution in [0.15, 0.2) is 24.3 Å². The average molecular weight is 362 g/mol. The van der Waals surface area contributed by atoms with Gasteiger partial charge in [-0.1, -0.05) is 12.1 Å². The third kappa shape index (κ3) is 4.61. The number of carbonyl (C=O) groups excluding carboxylic acids is 2. The van der Waals surface area contributed by atoms with Crippen LogP contribution in [0.5, 0.6) is 0 Å². The molecule has 3 rings (SSSR count). The molecule has 0 bridgehead atoms. The Morgan fingerprint density at radius 3 is 2.19 bits per heavy atom. The molecule has 2 heterocycles. The summed E-state index contributed by atoms with van der Waals surface area (Å²) in [6.07, 6.45) is 1.82. The van der Waals surface area contributed by atoms with E-state index in [1.165, 1.54) is 12.1 Å². The van der Waals surface area contributed by atoms with Gasteiger partial charge in [-0.05, 0) is 44.4 Å². The molecule has 2 amide bonds. The molecule has 0 saturated carbocycles. The number of ether oxygens (including phenoxy) is 1. The van der Waals surface area contributed by atoms with Crippen LogP contribution in [0.1, 0.15) is 32.3 Å². The van der Waals surface area contributed by atoms with Crippen molar-refractivity contribution in [2.75, 3.05) is 26.2 Å². The summed E-state index contributed by atoms with van der Waals surface area (Å²) in [5.41, 5.74) is 0.811. The highest BCUT2D eigenvalue weighted by Gasteiger charge is 2.33. The van der Waals surface area contributed by atoms with Crippen molar-refractivity contribution in [3.05, 3.63) is 35.6 Å². The Morgan fingerprint density at radius 2 is 1.62 bits per heavy atom. The molecule has 5 nitrogen and oxygen atoms in total. The summed E-state index contributed by atoms with van der Waals surface area (Å²) in [6, 6.07) is 6.03. The highest BCUT2D eigenvalue weighted by atomic mass is 19.1. The first-order valence-corrected chi connectivity index (χ1v) is 9.39. The molecular formula is C20H27FN2O3. The fourth-order valence-electron chi connectivity index (χ4n) is 3.88. The molecule has 0 radical (unpaired) electrons. The molecular weight excluding hydrogens is 335 g/mol. The number of carbonyl (C=O) groups is 2. The third-order valence-electron chi connectivity index (χ3n) is 5.20. The van der Waals surface area contributed by atoms with Gasteiger partial charge in [0, 0.05) is 32.1 Å². The van der Waals surface area contributed by atoms with Crippen molar-refractivity contribution in [3.63, 3.8) is 0 Å². The van der Waals surface area contributed by atoms with Crippen molar-refractivity contribution in [2.24, 2.45) is 5.92 Å². The van der Waals surface area contributed by atoms with E-state index in [2.05, 4.69) is 0 Å². The SMILES string of the molecule is C[C@@H]1CN(C(=O)C2CCN(C(=O)Cc3ccc(F)cc3)CC2)C[C@H](C)O1. The summed E-state index contributed by atoms with van der Waals surface area (Å²) in [7, 11) is 0. The Hall–Kier alpha value is -1.95. The molecule has 142 valence electrons. The molecule has 26 heavy (non-hydrogen) atoms. The smallest absolute Gasteiger partial charge is 0.226 e. The number of morpholine rings is 1. The van der Waals surface area contributed by atoms with Gasteiger partial charge in [0.1, 0.15) is 5.82 Å². The van der Waals surface area contributed by atoms with Crippen LogP contribution in [0.25, 0.3) is 0 Å². The Kier molecular flexibility index (Phi) is 5.91. The lowest BCUT2D eigenvalue weighted by Crippen LogP contribution is -2.51. The maximum absolute atomic E-state index is 13.0. The van der Waals surface area contributed by atoms with Crippen LogP contribution in [0.3, 0.4) is 0 Å². The van der Waals surface area contributed by atoms with E-state index in [0.717, 1.165) is 5.56 Å². The first kappa shape index (κ1) is 18.8. The van der Waals surface area contributed by atoms with Crippen molar-refractivity contribution in [2.45, 2.75) is 45.3 Å². The molecule has 1 aromatic carbocycles. The van der Waals surface area contributed by atoms with Gasteiger partial charge in [0.2, 0.25) is 11.8 Å². The summed E-state index contributed by atoms with van der Waals surface area (Å²) >= 11 is 0. The predicted octanol–water partition coefficient (Wildman–Crippen LogP) is 2.24. The fourth-order valence-corrected chi connectivity index (χ4v) is 3.88. The number of hydrogen-bond acceptors (Lipinski definition) is 3. The second-order valence-electron chi connectivity index (χ2n) is 7.46. The number of amides is 2. The van der Waals surface area contributed by atoms with Gasteiger partial charge in [0.15, 0.2) is 0 Å². The molecule has 2 atom stereocenters. The molecule has 6 heteroatoms. The summed E-state index contributed by atoms with van der Waals surface area (Å²) < 4.78 is 18.7. The standard InChI is InChI=1S/C20H27FN2O3/c1-14-12-23(13-15(2)26-14)20(25)17-7-9-22(10-8-17)19(24)11-16-3-5-18(21)6-4-16/h3-6,14-15,17H,7-13H2,1-2H3/t14-,15+. The zero-order valence-corrected chi connectivity index (χ0v) is 15.5. The maximum atomic E-state index is 13.0. The number of likely N-dealkylation sites (tertiary alicyclic amines) is 1. The Bertz CT molecular complexity index is 631. The van der Waals surface area contributed by atoms with Crippen molar-refractivity contribution in [3.8, 4) is 0 Å². The van der Waals surface area contributed by atoms with Crippen LogP contribution < -0.4 is 0 Å². The molecule has 2 aliphatic heterocycles. The molecule has 0 aromatic heterocycles. The number of nitrogens with zero attached hydrogens (tertiary/aromatic N) is 2. The summed E-state index contributed by atoms with van der Waals surface area (Å²) in [4.78, 5) is 28.9. The van der Waals surface area contributed by atoms with E-state index >= 15 is 0 Å². The second-order valence-corrected chi connectivity index (χ2v) is 7.46. The lowest BCUT2D eigenvalue weighted by molar-refractivity contribution is -0.150. The molecule has 0 aliphatic carbocycles. The average Bonchev–Trinajstić information content (AvgIpc) is 2.62. The largest absolute Gasteiger partial charge is 0.372 e. The Balaban J connectivity index is 1.49. The van der Waals surface area contributed by atoms with E-state index in [4.69, 9.17) is 4.74 Å². The normalized spacial score (nSPS) is 24.6. The van der Waals surface area contributed by atoms with Crippen molar-refractivity contribution >= 4 is 11.8 Å². The van der Waals surface area contributed by atoms with Gasteiger partial charge in [-0.2, -0.15) is 0 Å². The monoisotopic (exact) mass is 362 g/mol. The van der Waals surface area contributed by atoms with Gasteiger partial charge >= 0.3 is 0 Å². The number of benzene rings is 1. The van der Waals surface area contributed by atoms with Crippen LogP contribution in [0.4, 0.5) is 4.39 Å². The van der Waals surface area contributed by atoms with Gasteiger partial charge in [-0.25, -0.2) is 4.39 Å². The quantitative estimate of drug-likeness (QED) is 0.829. The molecule has 2 aliphatic rings. The first-order chi connectivity index (χ1) is 12.4. The highest BCUT2D eigenvalue weighted by Crippen LogP contribution is 2.22. The Labute approximate surface area is 154 Å². The van der Waals surface area contributed by atoms with E-state index in [1.54, 1.807) is 12.1 Å². The van der Waals surface area contributed by atoms with Gasteiger partial charge in [-0.15, -0.1) is 0 Å². The molecule has 2 saturated heterocycles. The first-order valence-electron chi connectivity index (χ1n) is 9.39. The Morgan fingerprint density at radius 1 is 1.04 bits per heavy atom. The van der Waals surface area contributed by atoms with Crippen LogP contribution in [0.2, 0.25) is 0 Å². The fraction of sp³-hybridized carbons (Fsp3) is 0.600. The summed E-state index contributed by atoms with van der Waals surface area (Å²) in [6.45, 7) is 6.48. The van der Waals surface area contributed by atoms with E-state index in [9.17, 15) is 14.0 Å². The van der Waals surface area contributed by atoms with E-state index < -0.39 is 0 Å². The van der Waals surface area contributed by atoms with Crippen LogP contribution >= 0.6 is 0 Å². The lowest BCUT2D eigenvalue weighted by atomic mass is 9.94. The number of piperidine rings is 1. The second kappa shape index (κ2) is 8.16. The zero-order chi connectivity index (χ0) is 18.7. The molecule has 1 aromatic rings. The zero-order valence-electron chi connectivity index (χ0n) is 15.5. The predicted molar refractivity (Wildman–Crippen MR) is 96.0 cm³/mol. The molecule has 0 N–H and O–H groups in total. The van der Waals surface area contributed by atoms with Gasteiger partial charge in [0.25, 0.3) is 0 Å². The van der Waals surface area contributed by atoms with Crippen molar-refractivity contribution in [1.29, 1.82) is 0 Å². The maximum Gasteiger partial charge on any atom is 0.226 e. The third-order valence-corrected chi connectivity index (χ3v) is 5.20. The van der Waals surface area contributed by atoms with Gasteiger partial charge < -0.3 is 14.5 Å². The topological polar surface area (TPSA) is 49.9 Å². The number of halogens is 1. The van der Waals surface area contributed by atoms with E-state index in [0.29, 0.717) is 39.0 Å². The minimum atomic E-state index is -0.299. The van der Waals surface area contributed by atoms with Crippen LogP contribution in [-0.4, -0.2) is 60.0 Å². The molecule has 0 unspecified atom stereocenters. The van der Waals surface area contributed by atoms with Crippen molar-refractivity contribution < 1.29 is 18.7 Å². The van der Waals surface area contributed by atoms with Crippen LogP contribution in [0, 0.1) is 11.7 Å². The van der Waals surface area contributed by atoms with Gasteiger partial charge in [0.05, 0.1) is 18.6 Å². The molecule has 2 fully saturated rings. The summed E-state index contributed by atoms with van der Waals surface area (Å²) in [5, 5.41) is 0. The number of hydrogen-bond donors (Lipinski definition) is 0. The minimum absolute atomic E-state index is 0.0117. The van der Waals surface area contributed by atoms with Crippen LogP contribution in [-0.2, 0) is 20.7 Å².